The van der Waals surface area contributed by atoms with Gasteiger partial charge in [0.1, 0.15) is 17.6 Å². The monoisotopic (exact) mass is 339 g/mol. The van der Waals surface area contributed by atoms with Crippen molar-refractivity contribution >= 4 is 11.8 Å². The van der Waals surface area contributed by atoms with E-state index in [2.05, 4.69) is 27.0 Å². The first kappa shape index (κ1) is 18.1. The molecule has 0 unspecified atom stereocenters. The van der Waals surface area contributed by atoms with Crippen LogP contribution in [-0.2, 0) is 6.54 Å². The Kier molecular flexibility index (Phi) is 6.60. The smallest absolute Gasteiger partial charge is 0.315 e. The number of aryl methyl sites for hydroxylation is 1. The zero-order valence-corrected chi connectivity index (χ0v) is 14.3. The summed E-state index contributed by atoms with van der Waals surface area (Å²) in [6.07, 6.45) is 1.61. The van der Waals surface area contributed by atoms with Crippen molar-refractivity contribution in [1.82, 2.24) is 15.6 Å². The van der Waals surface area contributed by atoms with Crippen LogP contribution in [0.15, 0.2) is 36.5 Å². The fourth-order valence-electron chi connectivity index (χ4n) is 2.29. The van der Waals surface area contributed by atoms with E-state index in [4.69, 9.17) is 10.00 Å². The molecule has 7 nitrogen and oxygen atoms in total. The molecule has 0 saturated carbocycles. The zero-order chi connectivity index (χ0) is 18.1. The minimum Gasteiger partial charge on any atom is -0.496 e. The predicted octanol–water partition coefficient (Wildman–Crippen LogP) is 2.18. The number of hydrogen-bond acceptors (Lipinski definition) is 5. The summed E-state index contributed by atoms with van der Waals surface area (Å²) in [6.45, 7) is 3.28. The largest absolute Gasteiger partial charge is 0.496 e. The van der Waals surface area contributed by atoms with Crippen molar-refractivity contribution < 1.29 is 9.53 Å². The van der Waals surface area contributed by atoms with Gasteiger partial charge in [-0.3, -0.25) is 0 Å². The number of benzene rings is 1. The van der Waals surface area contributed by atoms with E-state index in [-0.39, 0.29) is 6.03 Å². The quantitative estimate of drug-likeness (QED) is 0.672. The first-order valence-corrected chi connectivity index (χ1v) is 7.88. The zero-order valence-electron chi connectivity index (χ0n) is 14.3. The number of nitrogens with one attached hydrogen (secondary N) is 3. The van der Waals surface area contributed by atoms with Crippen LogP contribution in [0.25, 0.3) is 0 Å². The van der Waals surface area contributed by atoms with Crippen molar-refractivity contribution in [2.24, 2.45) is 0 Å². The molecule has 1 aromatic carbocycles. The molecule has 0 radical (unpaired) electrons. The van der Waals surface area contributed by atoms with Gasteiger partial charge in [0.05, 0.1) is 12.7 Å². The van der Waals surface area contributed by atoms with Gasteiger partial charge in [-0.25, -0.2) is 9.78 Å². The van der Waals surface area contributed by atoms with Crippen LogP contribution in [0.3, 0.4) is 0 Å². The lowest BCUT2D eigenvalue weighted by atomic mass is 10.1. The number of pyridine rings is 1. The van der Waals surface area contributed by atoms with Crippen LogP contribution in [0.2, 0.25) is 0 Å². The van der Waals surface area contributed by atoms with Gasteiger partial charge < -0.3 is 20.7 Å². The summed E-state index contributed by atoms with van der Waals surface area (Å²) in [5, 5.41) is 17.5. The van der Waals surface area contributed by atoms with E-state index in [0.29, 0.717) is 31.0 Å². The molecule has 0 atom stereocenters. The van der Waals surface area contributed by atoms with E-state index in [1.54, 1.807) is 25.4 Å². The van der Waals surface area contributed by atoms with Crippen molar-refractivity contribution in [2.45, 2.75) is 13.5 Å². The average Bonchev–Trinajstić information content (AvgIpc) is 2.64. The van der Waals surface area contributed by atoms with E-state index in [0.717, 1.165) is 16.9 Å². The van der Waals surface area contributed by atoms with E-state index in [1.165, 1.54) is 0 Å². The van der Waals surface area contributed by atoms with Crippen LogP contribution in [0, 0.1) is 18.3 Å². The molecule has 1 aromatic heterocycles. The number of aromatic nitrogens is 1. The molecule has 25 heavy (non-hydrogen) atoms. The molecule has 0 fully saturated rings. The second-order valence-electron chi connectivity index (χ2n) is 5.35. The second-order valence-corrected chi connectivity index (χ2v) is 5.35. The Labute approximate surface area is 147 Å². The van der Waals surface area contributed by atoms with E-state index in [9.17, 15) is 4.79 Å². The molecule has 0 bridgehead atoms. The molecule has 0 saturated heterocycles. The Morgan fingerprint density at radius 1 is 1.28 bits per heavy atom. The first-order chi connectivity index (χ1) is 12.1. The van der Waals surface area contributed by atoms with Gasteiger partial charge in [-0.2, -0.15) is 5.26 Å². The van der Waals surface area contributed by atoms with Gasteiger partial charge >= 0.3 is 6.03 Å². The number of ether oxygens (including phenoxy) is 1. The molecular weight excluding hydrogens is 318 g/mol. The number of carbonyl (C=O) groups is 1. The molecule has 3 N–H and O–H groups in total. The first-order valence-electron chi connectivity index (χ1n) is 7.88. The minimum atomic E-state index is -0.253. The molecule has 2 amide bonds. The average molecular weight is 339 g/mol. The Balaban J connectivity index is 1.71. The number of carbonyl (C=O) groups excluding carboxylic acids is 1. The minimum absolute atomic E-state index is 0.253. The van der Waals surface area contributed by atoms with E-state index in [1.807, 2.05) is 25.1 Å². The van der Waals surface area contributed by atoms with Crippen molar-refractivity contribution in [1.29, 1.82) is 5.26 Å². The number of rotatable bonds is 7. The lowest BCUT2D eigenvalue weighted by Gasteiger charge is -2.11. The topological polar surface area (TPSA) is 99.1 Å². The van der Waals surface area contributed by atoms with Crippen LogP contribution in [-0.4, -0.2) is 31.2 Å². The molecule has 0 aliphatic rings. The Morgan fingerprint density at radius 3 is 2.84 bits per heavy atom. The van der Waals surface area contributed by atoms with Crippen LogP contribution in [0.4, 0.5) is 10.6 Å². The van der Waals surface area contributed by atoms with Crippen LogP contribution in [0.5, 0.6) is 5.75 Å². The summed E-state index contributed by atoms with van der Waals surface area (Å²) < 4.78 is 5.21. The number of hydrogen-bond donors (Lipinski definition) is 3. The third kappa shape index (κ3) is 5.39. The normalized spacial score (nSPS) is 9.80. The lowest BCUT2D eigenvalue weighted by molar-refractivity contribution is 0.241. The van der Waals surface area contributed by atoms with Gasteiger partial charge in [0, 0.05) is 25.8 Å². The second kappa shape index (κ2) is 9.13. The van der Waals surface area contributed by atoms with E-state index >= 15 is 0 Å². The molecule has 130 valence electrons. The third-order valence-corrected chi connectivity index (χ3v) is 3.54. The number of methoxy groups -OCH3 is 1. The Hall–Kier alpha value is -3.27. The summed E-state index contributed by atoms with van der Waals surface area (Å²) in [4.78, 5) is 15.9. The maximum Gasteiger partial charge on any atom is 0.315 e. The fraction of sp³-hybridized carbons (Fsp3) is 0.278. The number of nitriles is 1. The van der Waals surface area contributed by atoms with Crippen LogP contribution >= 0.6 is 0 Å². The fourth-order valence-corrected chi connectivity index (χ4v) is 2.29. The Bertz CT molecular complexity index is 770. The highest BCUT2D eigenvalue weighted by molar-refractivity contribution is 5.73. The molecule has 7 heteroatoms. The summed E-state index contributed by atoms with van der Waals surface area (Å²) in [7, 11) is 1.63. The SMILES string of the molecule is COc1ccc(CNC(=O)NCCNc2ncccc2C#N)cc1C. The molecular formula is C18H21N5O2. The number of anilines is 1. The Morgan fingerprint density at radius 2 is 2.12 bits per heavy atom. The molecule has 2 rings (SSSR count). The van der Waals surface area contributed by atoms with Gasteiger partial charge in [0.25, 0.3) is 0 Å². The number of amides is 2. The number of urea groups is 1. The highest BCUT2D eigenvalue weighted by atomic mass is 16.5. The van der Waals surface area contributed by atoms with Crippen molar-refractivity contribution in [3.05, 3.63) is 53.2 Å². The highest BCUT2D eigenvalue weighted by Crippen LogP contribution is 2.18. The van der Waals surface area contributed by atoms with Gasteiger partial charge in [-0.15, -0.1) is 0 Å². The van der Waals surface area contributed by atoms with Gasteiger partial charge in [0.2, 0.25) is 0 Å². The van der Waals surface area contributed by atoms with Gasteiger partial charge in [0.15, 0.2) is 0 Å². The summed E-state index contributed by atoms with van der Waals surface area (Å²) in [6, 6.07) is 11.0. The predicted molar refractivity (Wildman–Crippen MR) is 95.4 cm³/mol. The summed E-state index contributed by atoms with van der Waals surface area (Å²) in [5.41, 5.74) is 2.50. The lowest BCUT2D eigenvalue weighted by Crippen LogP contribution is -2.37. The van der Waals surface area contributed by atoms with Crippen LogP contribution < -0.4 is 20.7 Å². The maximum absolute atomic E-state index is 11.8. The molecule has 0 spiro atoms. The maximum atomic E-state index is 11.8. The third-order valence-electron chi connectivity index (χ3n) is 3.54. The molecule has 0 aliphatic carbocycles. The van der Waals surface area contributed by atoms with Crippen molar-refractivity contribution in [3.8, 4) is 11.8 Å². The van der Waals surface area contributed by atoms with E-state index < -0.39 is 0 Å². The number of nitrogens with zero attached hydrogens (tertiary/aromatic N) is 2. The van der Waals surface area contributed by atoms with Crippen LogP contribution in [0.1, 0.15) is 16.7 Å². The summed E-state index contributed by atoms with van der Waals surface area (Å²) >= 11 is 0. The summed E-state index contributed by atoms with van der Waals surface area (Å²) in [5.74, 6) is 1.34. The van der Waals surface area contributed by atoms with Gasteiger partial charge in [-0.1, -0.05) is 12.1 Å². The van der Waals surface area contributed by atoms with Gasteiger partial charge in [-0.05, 0) is 36.2 Å². The van der Waals surface area contributed by atoms with Crippen molar-refractivity contribution in [3.63, 3.8) is 0 Å². The molecule has 1 heterocycles. The standard InChI is InChI=1S/C18H21N5O2/c1-13-10-14(5-6-16(13)25-2)12-23-18(24)22-9-8-21-17-15(11-19)4-3-7-20-17/h3-7,10H,8-9,12H2,1-2H3,(H,20,21)(H2,22,23,24). The van der Waals surface area contributed by atoms with Crippen molar-refractivity contribution in [2.75, 3.05) is 25.5 Å². The molecule has 2 aromatic rings. The highest BCUT2D eigenvalue weighted by Gasteiger charge is 2.04. The molecule has 0 aliphatic heterocycles.